The van der Waals surface area contributed by atoms with Gasteiger partial charge in [0.1, 0.15) is 37.9 Å². The van der Waals surface area contributed by atoms with Crippen LogP contribution in [0.2, 0.25) is 0 Å². The second kappa shape index (κ2) is 24.4. The summed E-state index contributed by atoms with van der Waals surface area (Å²) in [6.07, 6.45) is 1.50. The molecule has 0 aromatic heterocycles. The molecule has 5 rings (SSSR count). The third-order valence-electron chi connectivity index (χ3n) is 9.94. The highest BCUT2D eigenvalue weighted by Gasteiger charge is 2.35. The Morgan fingerprint density at radius 2 is 1.36 bits per heavy atom. The minimum Gasteiger partial charge on any atom is -0.624 e. The summed E-state index contributed by atoms with van der Waals surface area (Å²) < 4.78 is 11.6. The average molecular weight is 835 g/mol. The third kappa shape index (κ3) is 15.4. The van der Waals surface area contributed by atoms with Crippen LogP contribution in [0, 0.1) is 5.21 Å². The molecular formula is C46H54N6O9. The van der Waals surface area contributed by atoms with Crippen molar-refractivity contribution in [2.45, 2.75) is 76.5 Å². The van der Waals surface area contributed by atoms with Gasteiger partial charge in [-0.25, -0.2) is 19.4 Å². The molecular weight excluding hydrogens is 781 g/mol. The predicted octanol–water partition coefficient (Wildman–Crippen LogP) is 5.46. The first-order valence-electron chi connectivity index (χ1n) is 20.5. The smallest absolute Gasteiger partial charge is 0.410 e. The van der Waals surface area contributed by atoms with E-state index in [1.54, 1.807) is 24.3 Å². The van der Waals surface area contributed by atoms with Crippen LogP contribution in [0.25, 0.3) is 0 Å². The van der Waals surface area contributed by atoms with Crippen LogP contribution >= 0.6 is 0 Å². The largest absolute Gasteiger partial charge is 0.624 e. The summed E-state index contributed by atoms with van der Waals surface area (Å²) in [7, 11) is 1.42. The van der Waals surface area contributed by atoms with Crippen molar-refractivity contribution in [3.8, 4) is 0 Å². The van der Waals surface area contributed by atoms with E-state index < -0.39 is 48.0 Å². The zero-order chi connectivity index (χ0) is 43.2. The molecule has 0 unspecified atom stereocenters. The molecule has 15 heteroatoms. The van der Waals surface area contributed by atoms with Gasteiger partial charge in [-0.2, -0.15) is 0 Å². The number of carbonyl (C=O) groups excluding carboxylic acids is 5. The number of hydrogen-bond donors (Lipinski definition) is 3. The van der Waals surface area contributed by atoms with Crippen LogP contribution in [0.3, 0.4) is 0 Å². The highest BCUT2D eigenvalue weighted by atomic mass is 16.7. The molecule has 1 saturated heterocycles. The number of ether oxygens (including phenoxy) is 2. The Balaban J connectivity index is 1.26. The van der Waals surface area contributed by atoms with Crippen molar-refractivity contribution in [3.05, 3.63) is 149 Å². The number of hydrogen-bond acceptors (Lipinski definition) is 9. The fourth-order valence-electron chi connectivity index (χ4n) is 6.57. The number of benzene rings is 4. The van der Waals surface area contributed by atoms with Gasteiger partial charge in [0.15, 0.2) is 12.8 Å². The zero-order valence-corrected chi connectivity index (χ0v) is 34.4. The second-order valence-electron chi connectivity index (χ2n) is 14.6. The van der Waals surface area contributed by atoms with Crippen LogP contribution in [-0.2, 0) is 48.5 Å². The maximum Gasteiger partial charge on any atom is 0.410 e. The Bertz CT molecular complexity index is 2020. The van der Waals surface area contributed by atoms with Crippen molar-refractivity contribution in [2.75, 3.05) is 26.7 Å². The first-order chi connectivity index (χ1) is 29.7. The number of nitrogens with zero attached hydrogens (tertiary/aromatic N) is 3. The Morgan fingerprint density at radius 3 is 1.98 bits per heavy atom. The van der Waals surface area contributed by atoms with E-state index in [0.29, 0.717) is 24.9 Å². The lowest BCUT2D eigenvalue weighted by molar-refractivity contribution is -0.453. The molecule has 1 fully saturated rings. The highest BCUT2D eigenvalue weighted by molar-refractivity contribution is 5.94. The molecule has 61 heavy (non-hydrogen) atoms. The fraction of sp³-hybridized carbons (Fsp3) is 0.348. The van der Waals surface area contributed by atoms with Crippen LogP contribution in [0.1, 0.15) is 60.8 Å². The van der Waals surface area contributed by atoms with Gasteiger partial charge in [-0.3, -0.25) is 24.1 Å². The normalized spacial score (nSPS) is 14.9. The lowest BCUT2D eigenvalue weighted by atomic mass is 10.0. The van der Waals surface area contributed by atoms with E-state index in [2.05, 4.69) is 16.0 Å². The first kappa shape index (κ1) is 45.3. The molecule has 322 valence electrons. The highest BCUT2D eigenvalue weighted by Crippen LogP contribution is 2.16. The molecule has 0 aliphatic carbocycles. The van der Waals surface area contributed by atoms with Crippen LogP contribution in [0.4, 0.5) is 9.59 Å². The SMILES string of the molecule is CN(C(=O)OCc1ccccc1)[C@@H](CCC/[N+]([O-])=C/c1ccccc1)C(=O)N[C@@H](CCCNC(=O)OCc1ccccc1)C(=O)N[C@H]1CCCN(OCc2ccccc2)C1=O. The van der Waals surface area contributed by atoms with Crippen molar-refractivity contribution in [2.24, 2.45) is 0 Å². The molecule has 1 aliphatic heterocycles. The number of alkyl carbamates (subject to hydrolysis) is 1. The van der Waals surface area contributed by atoms with Gasteiger partial charge in [0, 0.05) is 32.1 Å². The molecule has 0 radical (unpaired) electrons. The van der Waals surface area contributed by atoms with Gasteiger partial charge in [-0.05, 0) is 60.9 Å². The van der Waals surface area contributed by atoms with Gasteiger partial charge >= 0.3 is 12.2 Å². The molecule has 4 aromatic carbocycles. The van der Waals surface area contributed by atoms with Crippen molar-refractivity contribution in [3.63, 3.8) is 0 Å². The minimum atomic E-state index is -1.18. The van der Waals surface area contributed by atoms with Gasteiger partial charge in [0.05, 0.1) is 0 Å². The van der Waals surface area contributed by atoms with Crippen molar-refractivity contribution in [1.82, 2.24) is 25.9 Å². The number of nitrogens with one attached hydrogen (secondary N) is 3. The van der Waals surface area contributed by atoms with E-state index in [4.69, 9.17) is 14.3 Å². The number of amides is 5. The summed E-state index contributed by atoms with van der Waals surface area (Å²) >= 11 is 0. The monoisotopic (exact) mass is 834 g/mol. The van der Waals surface area contributed by atoms with Crippen LogP contribution in [-0.4, -0.2) is 95.6 Å². The summed E-state index contributed by atoms with van der Waals surface area (Å²) in [6.45, 7) is 0.696. The predicted molar refractivity (Wildman–Crippen MR) is 227 cm³/mol. The number of likely N-dealkylation sites (N-methyl/N-ethyl adjacent to an activating group) is 1. The molecule has 5 amide bonds. The standard InChI is InChI=1S/C46H54N6O9/c1-50(46(57)60-33-37-21-10-4-11-22-37)41(27-16-29-51(58)31-35-17-6-2-7-18-35)43(54)48-39(25-14-28-47-45(56)59-32-36-19-8-3-9-20-36)42(53)49-40-26-15-30-52(44(40)55)61-34-38-23-12-5-13-24-38/h2-13,17-24,31,39-41H,14-16,25-30,32-34H2,1H3,(H,47,56)(H,48,54)(H,49,53)/b51-31-/t39-,40-,41-/m0/s1. The third-order valence-corrected chi connectivity index (χ3v) is 9.94. The maximum absolute atomic E-state index is 14.2. The Kier molecular flexibility index (Phi) is 18.1. The number of carbonyl (C=O) groups is 5. The molecule has 3 atom stereocenters. The molecule has 0 bridgehead atoms. The van der Waals surface area contributed by atoms with Crippen LogP contribution < -0.4 is 16.0 Å². The molecule has 3 N–H and O–H groups in total. The van der Waals surface area contributed by atoms with E-state index in [9.17, 15) is 29.2 Å². The van der Waals surface area contributed by atoms with Crippen molar-refractivity contribution < 1.29 is 43.0 Å². The van der Waals surface area contributed by atoms with Gasteiger partial charge in [0.25, 0.3) is 5.91 Å². The summed E-state index contributed by atoms with van der Waals surface area (Å²) in [4.78, 5) is 74.5. The van der Waals surface area contributed by atoms with E-state index >= 15 is 0 Å². The first-order valence-corrected chi connectivity index (χ1v) is 20.5. The van der Waals surface area contributed by atoms with E-state index in [-0.39, 0.29) is 58.6 Å². The van der Waals surface area contributed by atoms with Gasteiger partial charge in [0.2, 0.25) is 11.8 Å². The van der Waals surface area contributed by atoms with Gasteiger partial charge < -0.3 is 30.6 Å². The maximum atomic E-state index is 14.2. The Morgan fingerprint density at radius 1 is 0.787 bits per heavy atom. The Labute approximate surface area is 356 Å². The Hall–Kier alpha value is -6.74. The number of piperidine rings is 1. The van der Waals surface area contributed by atoms with E-state index in [0.717, 1.165) is 26.3 Å². The van der Waals surface area contributed by atoms with Crippen LogP contribution in [0.5, 0.6) is 0 Å². The van der Waals surface area contributed by atoms with E-state index in [1.165, 1.54) is 18.3 Å². The zero-order valence-electron chi connectivity index (χ0n) is 34.4. The van der Waals surface area contributed by atoms with Gasteiger partial charge in [-0.15, -0.1) is 0 Å². The lowest BCUT2D eigenvalue weighted by Crippen LogP contribution is -2.58. The summed E-state index contributed by atoms with van der Waals surface area (Å²) in [6, 6.07) is 33.5. The average Bonchev–Trinajstić information content (AvgIpc) is 3.28. The lowest BCUT2D eigenvalue weighted by Gasteiger charge is -2.33. The summed E-state index contributed by atoms with van der Waals surface area (Å²) in [5.41, 5.74) is 3.16. The molecule has 1 aliphatic rings. The topological polar surface area (TPSA) is 182 Å². The summed E-state index contributed by atoms with van der Waals surface area (Å²) in [5.74, 6) is -1.71. The molecule has 0 spiro atoms. The molecule has 1 heterocycles. The fourth-order valence-corrected chi connectivity index (χ4v) is 6.57. The molecule has 15 nitrogen and oxygen atoms in total. The molecule has 4 aromatic rings. The number of hydroxylamine groups is 3. The van der Waals surface area contributed by atoms with E-state index in [1.807, 2.05) is 97.1 Å². The second-order valence-corrected chi connectivity index (χ2v) is 14.6. The van der Waals surface area contributed by atoms with Crippen molar-refractivity contribution >= 4 is 36.1 Å². The summed E-state index contributed by atoms with van der Waals surface area (Å²) in [5, 5.41) is 22.3. The number of rotatable bonds is 21. The molecule has 0 saturated carbocycles. The van der Waals surface area contributed by atoms with Crippen molar-refractivity contribution in [1.29, 1.82) is 0 Å². The van der Waals surface area contributed by atoms with Gasteiger partial charge in [-0.1, -0.05) is 109 Å². The van der Waals surface area contributed by atoms with Crippen LogP contribution in [0.15, 0.2) is 121 Å². The minimum absolute atomic E-state index is 0.0220. The quantitative estimate of drug-likeness (QED) is 0.0323.